The van der Waals surface area contributed by atoms with Crippen LogP contribution in [0.4, 0.5) is 0 Å². The SMILES string of the molecule is CCC(C)[C@H](NC(=O)CCC(=O)[C@H](CCCCN)NC(=O)[C@H](CC(=O)[C@H](CCCCN)NC(=O)[C@H](CC(=O)[C@H](CCC(N)=O)NC(=O)[C@H](C)Cc1ccc(O)cc1)CC(C)C)Cc1ccc(O)cc1)C(C)=O. The first-order chi connectivity index (χ1) is 34.1. The molecule has 0 aliphatic rings. The number of unbranched alkanes of at least 4 members (excludes halogenated alkanes) is 2. The highest BCUT2D eigenvalue weighted by Gasteiger charge is 2.34. The van der Waals surface area contributed by atoms with Crippen LogP contribution in [0.25, 0.3) is 0 Å². The maximum atomic E-state index is 14.5. The predicted octanol–water partition coefficient (Wildman–Crippen LogP) is 4.16. The van der Waals surface area contributed by atoms with Crippen LogP contribution in [-0.4, -0.2) is 100 Å². The molecule has 0 saturated heterocycles. The number of hydrogen-bond donors (Lipinski definition) is 9. The van der Waals surface area contributed by atoms with Gasteiger partial charge in [0.2, 0.25) is 29.5 Å². The molecule has 1 unspecified atom stereocenters. The van der Waals surface area contributed by atoms with E-state index in [-0.39, 0.29) is 93.3 Å². The van der Waals surface area contributed by atoms with Crippen molar-refractivity contribution in [3.8, 4) is 11.5 Å². The largest absolute Gasteiger partial charge is 0.508 e. The minimum Gasteiger partial charge on any atom is -0.508 e. The summed E-state index contributed by atoms with van der Waals surface area (Å²) in [6.07, 6.45) is 2.15. The maximum Gasteiger partial charge on any atom is 0.224 e. The minimum atomic E-state index is -1.15. The zero-order valence-corrected chi connectivity index (χ0v) is 43.3. The maximum absolute atomic E-state index is 14.5. The Morgan fingerprint density at radius 2 is 1.01 bits per heavy atom. The van der Waals surface area contributed by atoms with E-state index in [9.17, 15) is 53.4 Å². The lowest BCUT2D eigenvalue weighted by atomic mass is 9.87. The number of phenols is 2. The summed E-state index contributed by atoms with van der Waals surface area (Å²) in [6, 6.07) is 8.51. The van der Waals surface area contributed by atoms with Crippen LogP contribution in [0, 0.1) is 29.6 Å². The number of aromatic hydroxyl groups is 2. The monoisotopic (exact) mass is 1010 g/mol. The van der Waals surface area contributed by atoms with Gasteiger partial charge in [-0.15, -0.1) is 0 Å². The standard InChI is InChI=1S/C54H83N7O11/c1-7-34(4)51(36(6)62)61-50(69)25-23-46(65)43(12-8-10-26-55)59-54(72)40(30-38-16-20-42(64)21-17-38)32-47(66)44(13-9-11-27-56)60-53(71)39(28-33(2)3)31-48(67)45(22-24-49(57)68)58-52(70)35(5)29-37-14-18-41(63)19-15-37/h14-21,33-35,39-40,43-45,51,63-64H,7-13,22-32,55-56H2,1-6H3,(H2,57,68)(H,58,70)(H,59,72)(H,60,71)(H,61,69)/t34?,35-,39+,40+,43+,44+,45+,51+/m1/s1. The Kier molecular flexibility index (Phi) is 28.3. The lowest BCUT2D eigenvalue weighted by Crippen LogP contribution is -2.49. The first-order valence-corrected chi connectivity index (χ1v) is 25.6. The van der Waals surface area contributed by atoms with Gasteiger partial charge in [0.05, 0.1) is 24.2 Å². The lowest BCUT2D eigenvalue weighted by Gasteiger charge is -2.27. The molecule has 2 aromatic carbocycles. The minimum absolute atomic E-state index is 0.0111. The average Bonchev–Trinajstić information content (AvgIpc) is 3.33. The van der Waals surface area contributed by atoms with Gasteiger partial charge in [0.1, 0.15) is 11.5 Å². The second-order valence-electron chi connectivity index (χ2n) is 19.8. The Bertz CT molecular complexity index is 2080. The van der Waals surface area contributed by atoms with E-state index in [1.165, 1.54) is 31.2 Å². The fourth-order valence-corrected chi connectivity index (χ4v) is 8.52. The summed E-state index contributed by atoms with van der Waals surface area (Å²) < 4.78 is 0. The first kappa shape index (κ1) is 62.1. The highest BCUT2D eigenvalue weighted by atomic mass is 16.3. The Morgan fingerprint density at radius 3 is 1.49 bits per heavy atom. The summed E-state index contributed by atoms with van der Waals surface area (Å²) in [5.74, 6) is -7.15. The van der Waals surface area contributed by atoms with Crippen LogP contribution in [-0.2, 0) is 56.0 Å². The van der Waals surface area contributed by atoms with E-state index in [0.29, 0.717) is 57.2 Å². The first-order valence-electron chi connectivity index (χ1n) is 25.6. The molecule has 0 bridgehead atoms. The molecule has 8 atom stereocenters. The van der Waals surface area contributed by atoms with Gasteiger partial charge < -0.3 is 48.7 Å². The second kappa shape index (κ2) is 32.9. The van der Waals surface area contributed by atoms with Crippen molar-refractivity contribution in [3.63, 3.8) is 0 Å². The molecule has 0 spiro atoms. The summed E-state index contributed by atoms with van der Waals surface area (Å²) in [5, 5.41) is 30.9. The number of nitrogens with two attached hydrogens (primary N) is 3. The molecule has 12 N–H and O–H groups in total. The van der Waals surface area contributed by atoms with Gasteiger partial charge in [0, 0.05) is 49.9 Å². The molecule has 0 heterocycles. The van der Waals surface area contributed by atoms with Crippen LogP contribution in [0.5, 0.6) is 11.5 Å². The van der Waals surface area contributed by atoms with E-state index >= 15 is 0 Å². The molecule has 0 radical (unpaired) electrons. The second-order valence-corrected chi connectivity index (χ2v) is 19.8. The number of Topliss-reactive ketones (excluding diaryl/α,β-unsaturated/α-hetero) is 4. The van der Waals surface area contributed by atoms with Crippen LogP contribution in [0.3, 0.4) is 0 Å². The third kappa shape index (κ3) is 23.5. The lowest BCUT2D eigenvalue weighted by molar-refractivity contribution is -0.136. The van der Waals surface area contributed by atoms with Crippen molar-refractivity contribution in [2.45, 2.75) is 168 Å². The molecule has 0 aliphatic carbocycles. The molecule has 0 saturated carbocycles. The number of rotatable bonds is 37. The third-order valence-electron chi connectivity index (χ3n) is 13.0. The van der Waals surface area contributed by atoms with E-state index < -0.39 is 88.8 Å². The number of benzene rings is 2. The summed E-state index contributed by atoms with van der Waals surface area (Å²) in [5.41, 5.74) is 18.4. The molecule has 2 rings (SSSR count). The van der Waals surface area contributed by atoms with E-state index in [2.05, 4.69) is 21.3 Å². The predicted molar refractivity (Wildman–Crippen MR) is 275 cm³/mol. The van der Waals surface area contributed by atoms with Gasteiger partial charge in [-0.2, -0.15) is 0 Å². The van der Waals surface area contributed by atoms with Crippen molar-refractivity contribution in [3.05, 3.63) is 59.7 Å². The van der Waals surface area contributed by atoms with E-state index in [0.717, 1.165) is 5.56 Å². The Labute approximate surface area is 425 Å². The molecule has 18 nitrogen and oxygen atoms in total. The van der Waals surface area contributed by atoms with Crippen molar-refractivity contribution < 1.29 is 53.4 Å². The normalized spacial score (nSPS) is 14.6. The smallest absolute Gasteiger partial charge is 0.224 e. The number of primary amides is 1. The van der Waals surface area contributed by atoms with E-state index in [1.54, 1.807) is 31.2 Å². The quantitative estimate of drug-likeness (QED) is 0.0430. The molecular weight excluding hydrogens is 923 g/mol. The Hall–Kier alpha value is -6.01. The van der Waals surface area contributed by atoms with Crippen molar-refractivity contribution in [2.75, 3.05) is 13.1 Å². The molecule has 0 fully saturated rings. The zero-order chi connectivity index (χ0) is 53.9. The van der Waals surface area contributed by atoms with Gasteiger partial charge in [-0.05, 0) is 131 Å². The van der Waals surface area contributed by atoms with Crippen molar-refractivity contribution in [1.29, 1.82) is 0 Å². The number of hydrogen-bond acceptors (Lipinski definition) is 13. The number of nitrogens with one attached hydrogen (secondary N) is 4. The van der Waals surface area contributed by atoms with Crippen LogP contribution in [0.2, 0.25) is 0 Å². The number of amides is 5. The van der Waals surface area contributed by atoms with Crippen molar-refractivity contribution >= 4 is 52.7 Å². The van der Waals surface area contributed by atoms with Gasteiger partial charge in [0.25, 0.3) is 0 Å². The van der Waals surface area contributed by atoms with Gasteiger partial charge in [-0.25, -0.2) is 0 Å². The summed E-state index contributed by atoms with van der Waals surface area (Å²) >= 11 is 0. The molecular formula is C54H83N7O11. The van der Waals surface area contributed by atoms with E-state index in [4.69, 9.17) is 17.2 Å². The number of carbonyl (C=O) groups excluding carboxylic acids is 9. The molecule has 0 aliphatic heterocycles. The van der Waals surface area contributed by atoms with Gasteiger partial charge >= 0.3 is 0 Å². The highest BCUT2D eigenvalue weighted by molar-refractivity contribution is 5.97. The zero-order valence-electron chi connectivity index (χ0n) is 43.3. The number of phenolic OH excluding ortho intramolecular Hbond substituents is 2. The van der Waals surface area contributed by atoms with Crippen molar-refractivity contribution in [1.82, 2.24) is 21.3 Å². The molecule has 5 amide bonds. The fraction of sp³-hybridized carbons (Fsp3) is 0.611. The van der Waals surface area contributed by atoms with Crippen LogP contribution >= 0.6 is 0 Å². The molecule has 18 heteroatoms. The number of ketones is 4. The Balaban J connectivity index is 2.41. The summed E-state index contributed by atoms with van der Waals surface area (Å²) in [4.78, 5) is 122. The average molecular weight is 1010 g/mol. The summed E-state index contributed by atoms with van der Waals surface area (Å²) in [7, 11) is 0. The van der Waals surface area contributed by atoms with Crippen LogP contribution < -0.4 is 38.5 Å². The molecule has 2 aromatic rings. The van der Waals surface area contributed by atoms with E-state index in [1.807, 2.05) is 27.7 Å². The van der Waals surface area contributed by atoms with Crippen molar-refractivity contribution in [2.24, 2.45) is 46.8 Å². The highest BCUT2D eigenvalue weighted by Crippen LogP contribution is 2.23. The summed E-state index contributed by atoms with van der Waals surface area (Å²) in [6.45, 7) is 11.2. The third-order valence-corrected chi connectivity index (χ3v) is 13.0. The van der Waals surface area contributed by atoms with Gasteiger partial charge in [0.15, 0.2) is 23.1 Å². The van der Waals surface area contributed by atoms with Gasteiger partial charge in [-0.3, -0.25) is 43.2 Å². The Morgan fingerprint density at radius 1 is 0.556 bits per heavy atom. The number of carbonyl (C=O) groups is 9. The van der Waals surface area contributed by atoms with Crippen LogP contribution in [0.1, 0.15) is 143 Å². The molecule has 72 heavy (non-hydrogen) atoms. The van der Waals surface area contributed by atoms with Gasteiger partial charge in [-0.1, -0.05) is 65.3 Å². The van der Waals surface area contributed by atoms with Crippen LogP contribution in [0.15, 0.2) is 48.5 Å². The molecule has 400 valence electrons. The fourth-order valence-electron chi connectivity index (χ4n) is 8.52. The topological polar surface area (TPSA) is 320 Å². The molecule has 0 aromatic heterocycles.